The molecule has 2 aliphatic heterocycles. The largest absolute Gasteiger partial charge is 0.463 e. The SMILES string of the molecule is CCCCOc1nc(N)c2c(n1)CN(Cc1ccc(CN3CCCC3)cc1)C=N2. The molecule has 2 aliphatic rings. The first-order valence-electron chi connectivity index (χ1n) is 10.6. The third-order valence-electron chi connectivity index (χ3n) is 5.41. The van der Waals surface area contributed by atoms with Gasteiger partial charge in [0.1, 0.15) is 5.69 Å². The topological polar surface area (TPSA) is 79.9 Å². The number of unbranched alkanes of at least 4 members (excludes halogenated alkanes) is 1. The summed E-state index contributed by atoms with van der Waals surface area (Å²) >= 11 is 0. The lowest BCUT2D eigenvalue weighted by molar-refractivity contribution is 0.283. The number of nitrogen functional groups attached to an aromatic ring is 1. The maximum atomic E-state index is 6.06. The van der Waals surface area contributed by atoms with Crippen LogP contribution in [0.25, 0.3) is 0 Å². The molecule has 154 valence electrons. The Hall–Kier alpha value is -2.67. The highest BCUT2D eigenvalue weighted by Crippen LogP contribution is 2.30. The molecular formula is C22H30N6O. The molecule has 1 aromatic carbocycles. The van der Waals surface area contributed by atoms with Crippen molar-refractivity contribution < 1.29 is 4.74 Å². The Labute approximate surface area is 172 Å². The van der Waals surface area contributed by atoms with Crippen molar-refractivity contribution in [2.45, 2.75) is 52.2 Å². The van der Waals surface area contributed by atoms with Crippen LogP contribution in [0.15, 0.2) is 29.3 Å². The molecule has 1 aromatic heterocycles. The number of nitrogens with two attached hydrogens (primary N) is 1. The Morgan fingerprint density at radius 1 is 1.03 bits per heavy atom. The molecule has 0 aliphatic carbocycles. The fourth-order valence-electron chi connectivity index (χ4n) is 3.77. The zero-order valence-electron chi connectivity index (χ0n) is 17.2. The number of hydrogen-bond acceptors (Lipinski definition) is 7. The van der Waals surface area contributed by atoms with E-state index in [0.717, 1.165) is 31.6 Å². The van der Waals surface area contributed by atoms with Crippen LogP contribution in [0.4, 0.5) is 11.5 Å². The molecule has 0 saturated carbocycles. The smallest absolute Gasteiger partial charge is 0.318 e. The Morgan fingerprint density at radius 2 is 1.76 bits per heavy atom. The number of ether oxygens (including phenoxy) is 1. The predicted octanol–water partition coefficient (Wildman–Crippen LogP) is 3.51. The molecule has 0 amide bonds. The first kappa shape index (κ1) is 19.6. The zero-order valence-corrected chi connectivity index (χ0v) is 17.2. The number of aromatic nitrogens is 2. The summed E-state index contributed by atoms with van der Waals surface area (Å²) in [6.07, 6.45) is 6.52. The number of likely N-dealkylation sites (tertiary alicyclic amines) is 1. The Kier molecular flexibility index (Phi) is 6.24. The third kappa shape index (κ3) is 5.03. The normalized spacial score (nSPS) is 16.2. The number of aliphatic imine (C=N–C) groups is 1. The second-order valence-electron chi connectivity index (χ2n) is 7.84. The minimum atomic E-state index is 0.345. The summed E-state index contributed by atoms with van der Waals surface area (Å²) in [6, 6.07) is 9.24. The number of hydrogen-bond donors (Lipinski definition) is 1. The molecule has 0 radical (unpaired) electrons. The van der Waals surface area contributed by atoms with Crippen molar-refractivity contribution >= 4 is 17.8 Å². The van der Waals surface area contributed by atoms with Crippen LogP contribution < -0.4 is 10.5 Å². The van der Waals surface area contributed by atoms with Crippen molar-refractivity contribution in [2.24, 2.45) is 4.99 Å². The molecular weight excluding hydrogens is 364 g/mol. The lowest BCUT2D eigenvalue weighted by Gasteiger charge is -2.24. The summed E-state index contributed by atoms with van der Waals surface area (Å²) in [5, 5.41) is 0. The Morgan fingerprint density at radius 3 is 2.48 bits per heavy atom. The van der Waals surface area contributed by atoms with Gasteiger partial charge in [-0.3, -0.25) is 4.90 Å². The van der Waals surface area contributed by atoms with Gasteiger partial charge in [0.2, 0.25) is 0 Å². The minimum Gasteiger partial charge on any atom is -0.463 e. The van der Waals surface area contributed by atoms with Crippen molar-refractivity contribution in [3.05, 3.63) is 41.1 Å². The van der Waals surface area contributed by atoms with E-state index in [1.807, 2.05) is 6.34 Å². The van der Waals surface area contributed by atoms with Crippen molar-refractivity contribution in [1.82, 2.24) is 19.8 Å². The second kappa shape index (κ2) is 9.22. The summed E-state index contributed by atoms with van der Waals surface area (Å²) in [5.74, 6) is 0.378. The van der Waals surface area contributed by atoms with Crippen LogP contribution in [0.3, 0.4) is 0 Å². The van der Waals surface area contributed by atoms with Crippen LogP contribution in [-0.2, 0) is 19.6 Å². The average Bonchev–Trinajstić information content (AvgIpc) is 3.23. The summed E-state index contributed by atoms with van der Waals surface area (Å²) < 4.78 is 5.64. The lowest BCUT2D eigenvalue weighted by Crippen LogP contribution is -2.25. The van der Waals surface area contributed by atoms with Crippen molar-refractivity contribution in [2.75, 3.05) is 25.4 Å². The van der Waals surface area contributed by atoms with E-state index >= 15 is 0 Å². The number of benzene rings is 1. The van der Waals surface area contributed by atoms with Gasteiger partial charge in [0.05, 0.1) is 25.2 Å². The lowest BCUT2D eigenvalue weighted by atomic mass is 10.1. The molecule has 3 heterocycles. The quantitative estimate of drug-likeness (QED) is 0.690. The molecule has 1 saturated heterocycles. The summed E-state index contributed by atoms with van der Waals surface area (Å²) in [7, 11) is 0. The fraction of sp³-hybridized carbons (Fsp3) is 0.500. The van der Waals surface area contributed by atoms with Gasteiger partial charge in [-0.1, -0.05) is 37.6 Å². The van der Waals surface area contributed by atoms with Crippen LogP contribution in [0.2, 0.25) is 0 Å². The molecule has 4 rings (SSSR count). The summed E-state index contributed by atoms with van der Waals surface area (Å²) in [4.78, 5) is 17.9. The maximum Gasteiger partial charge on any atom is 0.318 e. The fourth-order valence-corrected chi connectivity index (χ4v) is 3.77. The van der Waals surface area contributed by atoms with Crippen LogP contribution in [0.5, 0.6) is 6.01 Å². The molecule has 2 aromatic rings. The van der Waals surface area contributed by atoms with Crippen LogP contribution in [0, 0.1) is 0 Å². The van der Waals surface area contributed by atoms with E-state index < -0.39 is 0 Å². The molecule has 2 N–H and O–H groups in total. The molecule has 0 unspecified atom stereocenters. The van der Waals surface area contributed by atoms with Gasteiger partial charge in [0, 0.05) is 13.1 Å². The molecule has 7 nitrogen and oxygen atoms in total. The first-order chi connectivity index (χ1) is 14.2. The minimum absolute atomic E-state index is 0.345. The maximum absolute atomic E-state index is 6.06. The van der Waals surface area contributed by atoms with Crippen LogP contribution in [-0.4, -0.2) is 45.8 Å². The van der Waals surface area contributed by atoms with E-state index in [4.69, 9.17) is 10.5 Å². The van der Waals surface area contributed by atoms with Crippen molar-refractivity contribution in [3.63, 3.8) is 0 Å². The van der Waals surface area contributed by atoms with Gasteiger partial charge >= 0.3 is 6.01 Å². The van der Waals surface area contributed by atoms with Gasteiger partial charge in [-0.15, -0.1) is 0 Å². The Bertz CT molecular complexity index is 845. The Balaban J connectivity index is 1.38. The van der Waals surface area contributed by atoms with Gasteiger partial charge in [-0.05, 0) is 43.5 Å². The highest BCUT2D eigenvalue weighted by molar-refractivity contribution is 5.72. The molecule has 0 spiro atoms. The van der Waals surface area contributed by atoms with E-state index in [2.05, 4.69) is 55.9 Å². The standard InChI is InChI=1S/C22H30N6O/c1-2-3-12-29-22-25-19-15-28(16-24-20(19)21(23)26-22)14-18-8-6-17(7-9-18)13-27-10-4-5-11-27/h6-9,16H,2-5,10-15H2,1H3,(H2,23,25,26). The van der Waals surface area contributed by atoms with Crippen LogP contribution in [0.1, 0.15) is 49.4 Å². The van der Waals surface area contributed by atoms with E-state index in [9.17, 15) is 0 Å². The van der Waals surface area contributed by atoms with Gasteiger partial charge in [0.25, 0.3) is 0 Å². The second-order valence-corrected chi connectivity index (χ2v) is 7.84. The molecule has 0 bridgehead atoms. The number of fused-ring (bicyclic) bond motifs is 1. The number of nitrogens with zero attached hydrogens (tertiary/aromatic N) is 5. The van der Waals surface area contributed by atoms with Crippen molar-refractivity contribution in [3.8, 4) is 6.01 Å². The highest BCUT2D eigenvalue weighted by atomic mass is 16.5. The zero-order chi connectivity index (χ0) is 20.1. The van der Waals surface area contributed by atoms with Gasteiger partial charge in [-0.25, -0.2) is 4.99 Å². The molecule has 29 heavy (non-hydrogen) atoms. The molecule has 1 fully saturated rings. The van der Waals surface area contributed by atoms with Gasteiger partial charge in [-0.2, -0.15) is 9.97 Å². The number of anilines is 1. The van der Waals surface area contributed by atoms with E-state index in [0.29, 0.717) is 30.7 Å². The average molecular weight is 395 g/mol. The van der Waals surface area contributed by atoms with E-state index in [1.165, 1.54) is 37.1 Å². The first-order valence-corrected chi connectivity index (χ1v) is 10.6. The van der Waals surface area contributed by atoms with Crippen molar-refractivity contribution in [1.29, 1.82) is 0 Å². The van der Waals surface area contributed by atoms with Crippen LogP contribution >= 0.6 is 0 Å². The molecule has 0 atom stereocenters. The summed E-state index contributed by atoms with van der Waals surface area (Å²) in [5.41, 5.74) is 10.2. The monoisotopic (exact) mass is 394 g/mol. The number of rotatable bonds is 8. The highest BCUT2D eigenvalue weighted by Gasteiger charge is 2.19. The third-order valence-corrected chi connectivity index (χ3v) is 5.41. The van der Waals surface area contributed by atoms with E-state index in [1.54, 1.807) is 0 Å². The summed E-state index contributed by atoms with van der Waals surface area (Å²) in [6.45, 7) is 7.65. The van der Waals surface area contributed by atoms with E-state index in [-0.39, 0.29) is 0 Å². The van der Waals surface area contributed by atoms with Gasteiger partial charge < -0.3 is 15.4 Å². The van der Waals surface area contributed by atoms with Gasteiger partial charge in [0.15, 0.2) is 5.82 Å². The predicted molar refractivity (Wildman–Crippen MR) is 115 cm³/mol. The molecule has 7 heteroatoms.